The van der Waals surface area contributed by atoms with Crippen molar-refractivity contribution in [2.75, 3.05) is 25.0 Å². The molecule has 3 atom stereocenters. The number of fused-ring (bicyclic) bond motifs is 1. The van der Waals surface area contributed by atoms with Crippen LogP contribution in [0.3, 0.4) is 0 Å². The predicted molar refractivity (Wildman–Crippen MR) is 188 cm³/mol. The van der Waals surface area contributed by atoms with Crippen molar-refractivity contribution in [2.45, 2.75) is 104 Å². The van der Waals surface area contributed by atoms with E-state index in [4.69, 9.17) is 18.9 Å². The molecule has 3 aromatic rings. The van der Waals surface area contributed by atoms with E-state index in [0.717, 1.165) is 0 Å². The Kier molecular flexibility index (Phi) is 10.3. The molecule has 2 aliphatic heterocycles. The molecule has 3 heterocycles. The number of benzene rings is 2. The number of hydrogen-bond donors (Lipinski definition) is 1. The minimum atomic E-state index is -2.38. The second-order valence-corrected chi connectivity index (χ2v) is 15.5. The van der Waals surface area contributed by atoms with Crippen molar-refractivity contribution in [3.63, 3.8) is 0 Å². The Morgan fingerprint density at radius 1 is 0.889 bits per heavy atom. The summed E-state index contributed by atoms with van der Waals surface area (Å²) in [6.07, 6.45) is 2.76. The van der Waals surface area contributed by atoms with Crippen LogP contribution in [0.4, 0.5) is 32.6 Å². The van der Waals surface area contributed by atoms with Gasteiger partial charge in [0.05, 0.1) is 23.3 Å². The number of amides is 1. The van der Waals surface area contributed by atoms with Crippen molar-refractivity contribution in [3.8, 4) is 33.8 Å². The number of halogens is 5. The topological polar surface area (TPSA) is 111 Å². The summed E-state index contributed by atoms with van der Waals surface area (Å²) in [5, 5.41) is 10.5. The summed E-state index contributed by atoms with van der Waals surface area (Å²) in [5.41, 5.74) is -3.92. The Hall–Kier alpha value is -4.66. The second-order valence-electron chi connectivity index (χ2n) is 15.5. The van der Waals surface area contributed by atoms with Crippen LogP contribution in [0.5, 0.6) is 11.5 Å². The number of morpholine rings is 1. The van der Waals surface area contributed by atoms with Crippen molar-refractivity contribution in [1.82, 2.24) is 9.88 Å². The van der Waals surface area contributed by atoms with Crippen LogP contribution in [0.2, 0.25) is 0 Å². The molecule has 54 heavy (non-hydrogen) atoms. The molecule has 15 heteroatoms. The zero-order valence-electron chi connectivity index (χ0n) is 31.4. The molecule has 1 amide bonds. The van der Waals surface area contributed by atoms with Crippen LogP contribution < -0.4 is 14.4 Å². The maximum atomic E-state index is 15.7. The SMILES string of the molecule is Cc1c2c(c(-c3ccc(N4C[C@@H](C)O[C@@H](C)C4)nc3)c(-c3c(F)c(F)c(F)c(F)c3F)c1C(=O)O)OC(C)([C@H]1CC[C@H](N(C)C(=O)OC(C)(C)C)CC1)O2. The number of pyridine rings is 1. The standard InChI is InChI=1S/C39H44F5N3O7/c1-18-16-47(17-19(2)51-18)24-14-9-21(15-45-24)26-27(28-29(40)31(42)33(44)32(43)30(28)41)25(36(48)49)20(3)34-35(26)53-39(7,52-34)22-10-12-23(13-11-22)46(8)37(50)54-38(4,5)6/h9,14-15,18-19,22-23H,10-13,16-17H2,1-8H3,(H,48,49)/t18-,19+,22-,23-,39?. The number of carboxylic acids is 1. The van der Waals surface area contributed by atoms with Gasteiger partial charge in [0.25, 0.3) is 5.79 Å². The number of aromatic nitrogens is 1. The van der Waals surface area contributed by atoms with E-state index in [1.54, 1.807) is 45.7 Å². The largest absolute Gasteiger partial charge is 0.478 e. The number of ether oxygens (including phenoxy) is 4. The molecule has 0 spiro atoms. The van der Waals surface area contributed by atoms with Gasteiger partial charge in [-0.05, 0) is 79.4 Å². The van der Waals surface area contributed by atoms with Crippen molar-refractivity contribution in [1.29, 1.82) is 0 Å². The van der Waals surface area contributed by atoms with Gasteiger partial charge in [-0.1, -0.05) is 0 Å². The maximum absolute atomic E-state index is 15.7. The third-order valence-electron chi connectivity index (χ3n) is 10.4. The molecule has 2 aromatic carbocycles. The van der Waals surface area contributed by atoms with Gasteiger partial charge in [0.1, 0.15) is 11.4 Å². The first-order valence-corrected chi connectivity index (χ1v) is 17.9. The highest BCUT2D eigenvalue weighted by molar-refractivity contribution is 6.06. The summed E-state index contributed by atoms with van der Waals surface area (Å²) in [6, 6.07) is 2.99. The van der Waals surface area contributed by atoms with Crippen LogP contribution in [0.25, 0.3) is 22.3 Å². The zero-order chi connectivity index (χ0) is 39.6. The molecule has 292 valence electrons. The van der Waals surface area contributed by atoms with Crippen LogP contribution in [0, 0.1) is 41.9 Å². The summed E-state index contributed by atoms with van der Waals surface area (Å²) >= 11 is 0. The summed E-state index contributed by atoms with van der Waals surface area (Å²) in [4.78, 5) is 33.9. The quantitative estimate of drug-likeness (QED) is 0.150. The van der Waals surface area contributed by atoms with E-state index in [0.29, 0.717) is 44.6 Å². The van der Waals surface area contributed by atoms with Crippen LogP contribution in [-0.2, 0) is 9.47 Å². The first-order valence-electron chi connectivity index (χ1n) is 17.9. The van der Waals surface area contributed by atoms with E-state index in [1.165, 1.54) is 19.2 Å². The molecule has 1 aliphatic carbocycles. The van der Waals surface area contributed by atoms with Gasteiger partial charge in [0, 0.05) is 67.5 Å². The number of nitrogens with zero attached hydrogens (tertiary/aromatic N) is 3. The van der Waals surface area contributed by atoms with Gasteiger partial charge in [-0.3, -0.25) is 0 Å². The molecule has 1 saturated heterocycles. The minimum Gasteiger partial charge on any atom is -0.478 e. The van der Waals surface area contributed by atoms with Crippen LogP contribution in [0.15, 0.2) is 18.3 Å². The molecule has 2 fully saturated rings. The monoisotopic (exact) mass is 761 g/mol. The van der Waals surface area contributed by atoms with E-state index in [2.05, 4.69) is 4.98 Å². The van der Waals surface area contributed by atoms with Gasteiger partial charge < -0.3 is 33.9 Å². The second kappa shape index (κ2) is 14.2. The van der Waals surface area contributed by atoms with Gasteiger partial charge in [0.2, 0.25) is 5.82 Å². The molecule has 1 N–H and O–H groups in total. The molecule has 6 rings (SSSR count). The number of carboxylic acid groups (broad SMARTS) is 1. The molecule has 1 saturated carbocycles. The number of carbonyl (C=O) groups is 2. The lowest BCUT2D eigenvalue weighted by molar-refractivity contribution is -0.123. The third kappa shape index (κ3) is 7.02. The lowest BCUT2D eigenvalue weighted by Gasteiger charge is -2.40. The zero-order valence-corrected chi connectivity index (χ0v) is 31.4. The molecule has 1 unspecified atom stereocenters. The maximum Gasteiger partial charge on any atom is 0.410 e. The Labute approximate surface area is 310 Å². The van der Waals surface area contributed by atoms with Gasteiger partial charge in [-0.25, -0.2) is 36.5 Å². The molecule has 0 bridgehead atoms. The Morgan fingerprint density at radius 3 is 1.96 bits per heavy atom. The van der Waals surface area contributed by atoms with Gasteiger partial charge >= 0.3 is 12.1 Å². The van der Waals surface area contributed by atoms with Crippen LogP contribution >= 0.6 is 0 Å². The fourth-order valence-corrected chi connectivity index (χ4v) is 7.81. The normalized spacial score (nSPS) is 24.1. The Bertz CT molecular complexity index is 1940. The Balaban J connectivity index is 1.46. The number of rotatable bonds is 6. The van der Waals surface area contributed by atoms with Crippen molar-refractivity contribution < 1.29 is 55.6 Å². The Morgan fingerprint density at radius 2 is 1.44 bits per heavy atom. The molecular formula is C39H44F5N3O7. The lowest BCUT2D eigenvalue weighted by atomic mass is 9.81. The number of hydrogen-bond acceptors (Lipinski definition) is 8. The van der Waals surface area contributed by atoms with Gasteiger partial charge in [-0.2, -0.15) is 0 Å². The highest BCUT2D eigenvalue weighted by Crippen LogP contribution is 2.57. The van der Waals surface area contributed by atoms with Crippen LogP contribution in [0.1, 0.15) is 83.1 Å². The summed E-state index contributed by atoms with van der Waals surface area (Å²) < 4.78 is 99.8. The van der Waals surface area contributed by atoms with Crippen molar-refractivity contribution in [2.24, 2.45) is 5.92 Å². The van der Waals surface area contributed by atoms with E-state index in [9.17, 15) is 27.9 Å². The number of carbonyl (C=O) groups excluding carboxylic acids is 1. The summed E-state index contributed by atoms with van der Waals surface area (Å²) in [7, 11) is 1.67. The fourth-order valence-electron chi connectivity index (χ4n) is 7.81. The third-order valence-corrected chi connectivity index (χ3v) is 10.4. The van der Waals surface area contributed by atoms with E-state index >= 15 is 8.78 Å². The molecule has 3 aliphatic rings. The smallest absolute Gasteiger partial charge is 0.410 e. The molecule has 1 aromatic heterocycles. The van der Waals surface area contributed by atoms with Gasteiger partial charge in [0.15, 0.2) is 34.8 Å². The average Bonchev–Trinajstić information content (AvgIpc) is 3.47. The number of anilines is 1. The number of aromatic carboxylic acids is 1. The predicted octanol–water partition coefficient (Wildman–Crippen LogP) is 8.64. The van der Waals surface area contributed by atoms with E-state index < -0.39 is 69.2 Å². The summed E-state index contributed by atoms with van der Waals surface area (Å²) in [5.74, 6) is -14.4. The van der Waals surface area contributed by atoms with Crippen molar-refractivity contribution >= 4 is 17.9 Å². The first kappa shape index (κ1) is 39.0. The summed E-state index contributed by atoms with van der Waals surface area (Å²) in [6.45, 7) is 13.2. The van der Waals surface area contributed by atoms with E-state index in [1.807, 2.05) is 18.7 Å². The average molecular weight is 762 g/mol. The van der Waals surface area contributed by atoms with Crippen molar-refractivity contribution in [3.05, 3.63) is 58.5 Å². The molecular weight excluding hydrogens is 717 g/mol. The highest BCUT2D eigenvalue weighted by Gasteiger charge is 2.49. The lowest BCUT2D eigenvalue weighted by Crippen LogP contribution is -2.48. The minimum absolute atomic E-state index is 0.0505. The van der Waals surface area contributed by atoms with Crippen LogP contribution in [-0.4, -0.2) is 76.8 Å². The fraction of sp³-hybridized carbons (Fsp3) is 0.513. The molecule has 10 nitrogen and oxygen atoms in total. The first-order chi connectivity index (χ1) is 25.2. The molecule has 0 radical (unpaired) electrons. The van der Waals surface area contributed by atoms with E-state index in [-0.39, 0.29) is 52.4 Å². The highest BCUT2D eigenvalue weighted by atomic mass is 19.2. The van der Waals surface area contributed by atoms with Gasteiger partial charge in [-0.15, -0.1) is 0 Å².